The van der Waals surface area contributed by atoms with Gasteiger partial charge in [0.05, 0.1) is 23.5 Å². The van der Waals surface area contributed by atoms with Crippen molar-refractivity contribution in [2.75, 3.05) is 7.11 Å². The lowest BCUT2D eigenvalue weighted by molar-refractivity contribution is 0.0950. The Hall–Kier alpha value is -2.45. The number of H-pyrrole nitrogens is 1. The van der Waals surface area contributed by atoms with Gasteiger partial charge in [0.15, 0.2) is 0 Å². The quantitative estimate of drug-likeness (QED) is 0.423. The Kier molecular flexibility index (Phi) is 5.85. The monoisotopic (exact) mass is 476 g/mol. The second kappa shape index (κ2) is 8.29. The third-order valence-corrected chi connectivity index (χ3v) is 4.55. The van der Waals surface area contributed by atoms with Crippen LogP contribution in [-0.2, 0) is 0 Å². The van der Waals surface area contributed by atoms with Crippen molar-refractivity contribution in [2.24, 2.45) is 5.10 Å². The van der Waals surface area contributed by atoms with E-state index in [4.69, 9.17) is 4.74 Å². The van der Waals surface area contributed by atoms with E-state index in [0.717, 1.165) is 14.5 Å². The fraction of sp³-hybridized carbons (Fsp3) is 0.0556. The van der Waals surface area contributed by atoms with Gasteiger partial charge in [-0.1, -0.05) is 46.3 Å². The number of ether oxygens (including phenoxy) is 1. The molecule has 0 fully saturated rings. The highest BCUT2D eigenvalue weighted by molar-refractivity contribution is 9.11. The zero-order chi connectivity index (χ0) is 18.5. The topological polar surface area (TPSA) is 79.4 Å². The van der Waals surface area contributed by atoms with E-state index in [1.807, 2.05) is 42.5 Å². The van der Waals surface area contributed by atoms with Crippen molar-refractivity contribution in [3.05, 3.63) is 68.7 Å². The van der Waals surface area contributed by atoms with E-state index in [1.165, 1.54) is 6.21 Å². The molecule has 0 aliphatic rings. The fourth-order valence-electron chi connectivity index (χ4n) is 2.31. The average molecular weight is 478 g/mol. The number of carbonyl (C=O) groups is 1. The summed E-state index contributed by atoms with van der Waals surface area (Å²) in [5, 5.41) is 10.9. The lowest BCUT2D eigenvalue weighted by atomic mass is 10.1. The summed E-state index contributed by atoms with van der Waals surface area (Å²) in [5.74, 6) is 0.239. The highest BCUT2D eigenvalue weighted by Crippen LogP contribution is 2.31. The molecule has 6 nitrogen and oxygen atoms in total. The standard InChI is InChI=1S/C18H14Br2N4O2/c1-26-17-12(7-13(19)8-14(17)20)10-21-24-18(25)16-9-15(22-23-16)11-5-3-2-4-6-11/h2-10H,1H3,(H,22,23)(H,24,25)/b21-10+. The van der Waals surface area contributed by atoms with Gasteiger partial charge in [-0.25, -0.2) is 5.43 Å². The lowest BCUT2D eigenvalue weighted by Crippen LogP contribution is -2.18. The van der Waals surface area contributed by atoms with Crippen LogP contribution >= 0.6 is 31.9 Å². The minimum Gasteiger partial charge on any atom is -0.495 e. The maximum atomic E-state index is 12.2. The summed E-state index contributed by atoms with van der Waals surface area (Å²) in [6.45, 7) is 0. The van der Waals surface area contributed by atoms with E-state index in [2.05, 4.69) is 52.6 Å². The van der Waals surface area contributed by atoms with E-state index in [9.17, 15) is 4.79 Å². The molecular weight excluding hydrogens is 464 g/mol. The first-order chi connectivity index (χ1) is 12.6. The number of amides is 1. The number of aromatic nitrogens is 2. The second-order valence-electron chi connectivity index (χ2n) is 5.24. The molecule has 132 valence electrons. The number of hydrazone groups is 1. The molecule has 1 amide bonds. The second-order valence-corrected chi connectivity index (χ2v) is 7.01. The minimum absolute atomic E-state index is 0.323. The summed E-state index contributed by atoms with van der Waals surface area (Å²) in [6.07, 6.45) is 1.51. The van der Waals surface area contributed by atoms with Crippen LogP contribution in [0, 0.1) is 0 Å². The van der Waals surface area contributed by atoms with Crippen LogP contribution < -0.4 is 10.2 Å². The van der Waals surface area contributed by atoms with Gasteiger partial charge < -0.3 is 4.74 Å². The van der Waals surface area contributed by atoms with Crippen molar-refractivity contribution in [3.63, 3.8) is 0 Å². The Morgan fingerprint density at radius 1 is 1.23 bits per heavy atom. The normalized spacial score (nSPS) is 10.9. The zero-order valence-electron chi connectivity index (χ0n) is 13.7. The number of halogens is 2. The number of carbonyl (C=O) groups excluding carboxylic acids is 1. The molecule has 8 heteroatoms. The lowest BCUT2D eigenvalue weighted by Gasteiger charge is -2.07. The van der Waals surface area contributed by atoms with Crippen LogP contribution in [0.2, 0.25) is 0 Å². The Morgan fingerprint density at radius 3 is 2.73 bits per heavy atom. The molecule has 1 heterocycles. The number of nitrogens with one attached hydrogen (secondary N) is 2. The van der Waals surface area contributed by atoms with Gasteiger partial charge in [-0.15, -0.1) is 0 Å². The third-order valence-electron chi connectivity index (χ3n) is 3.50. The van der Waals surface area contributed by atoms with Gasteiger partial charge in [-0.05, 0) is 34.1 Å². The fourth-order valence-corrected chi connectivity index (χ4v) is 3.73. The van der Waals surface area contributed by atoms with Gasteiger partial charge in [0.2, 0.25) is 0 Å². The van der Waals surface area contributed by atoms with Gasteiger partial charge in [-0.2, -0.15) is 10.2 Å². The van der Waals surface area contributed by atoms with Crippen LogP contribution in [0.5, 0.6) is 5.75 Å². The number of hydrogen-bond donors (Lipinski definition) is 2. The highest BCUT2D eigenvalue weighted by Gasteiger charge is 2.11. The summed E-state index contributed by atoms with van der Waals surface area (Å²) in [5.41, 5.74) is 5.13. The molecule has 0 radical (unpaired) electrons. The summed E-state index contributed by atoms with van der Waals surface area (Å²) in [4.78, 5) is 12.2. The van der Waals surface area contributed by atoms with Gasteiger partial charge in [-0.3, -0.25) is 9.89 Å². The molecule has 0 aliphatic carbocycles. The van der Waals surface area contributed by atoms with Gasteiger partial charge >= 0.3 is 0 Å². The molecule has 0 bridgehead atoms. The number of benzene rings is 2. The first kappa shape index (κ1) is 18.3. The van der Waals surface area contributed by atoms with Crippen molar-refractivity contribution in [2.45, 2.75) is 0 Å². The third kappa shape index (κ3) is 4.20. The number of hydrogen-bond acceptors (Lipinski definition) is 4. The average Bonchev–Trinajstić information content (AvgIpc) is 3.12. The summed E-state index contributed by atoms with van der Waals surface area (Å²) >= 11 is 6.83. The summed E-state index contributed by atoms with van der Waals surface area (Å²) < 4.78 is 6.98. The van der Waals surface area contributed by atoms with E-state index >= 15 is 0 Å². The van der Waals surface area contributed by atoms with Crippen LogP contribution in [0.15, 0.2) is 62.6 Å². The molecule has 0 atom stereocenters. The summed E-state index contributed by atoms with van der Waals surface area (Å²) in [6, 6.07) is 15.0. The number of aromatic amines is 1. The highest BCUT2D eigenvalue weighted by atomic mass is 79.9. The maximum Gasteiger partial charge on any atom is 0.289 e. The first-order valence-corrected chi connectivity index (χ1v) is 9.14. The largest absolute Gasteiger partial charge is 0.495 e. The van der Waals surface area contributed by atoms with Crippen LogP contribution in [0.4, 0.5) is 0 Å². The van der Waals surface area contributed by atoms with Crippen LogP contribution in [0.25, 0.3) is 11.3 Å². The molecule has 0 spiro atoms. The van der Waals surface area contributed by atoms with Gasteiger partial charge in [0.1, 0.15) is 11.4 Å². The number of methoxy groups -OCH3 is 1. The SMILES string of the molecule is COc1c(Br)cc(Br)cc1/C=N/NC(=O)c1cc(-c2ccccc2)n[nH]1. The van der Waals surface area contributed by atoms with Crippen molar-refractivity contribution < 1.29 is 9.53 Å². The molecule has 0 saturated carbocycles. The molecule has 0 aliphatic heterocycles. The summed E-state index contributed by atoms with van der Waals surface area (Å²) in [7, 11) is 1.57. The number of nitrogens with zero attached hydrogens (tertiary/aromatic N) is 2. The molecule has 2 aromatic carbocycles. The Bertz CT molecular complexity index is 955. The van der Waals surface area contributed by atoms with Gasteiger partial charge in [0, 0.05) is 15.6 Å². The smallest absolute Gasteiger partial charge is 0.289 e. The van der Waals surface area contributed by atoms with Gasteiger partial charge in [0.25, 0.3) is 5.91 Å². The molecule has 3 rings (SSSR count). The van der Waals surface area contributed by atoms with Crippen molar-refractivity contribution >= 4 is 44.0 Å². The molecule has 0 saturated heterocycles. The minimum atomic E-state index is -0.385. The predicted octanol–water partition coefficient (Wildman–Crippen LogP) is 4.37. The van der Waals surface area contributed by atoms with Crippen molar-refractivity contribution in [3.8, 4) is 17.0 Å². The maximum absolute atomic E-state index is 12.2. The predicted molar refractivity (Wildman–Crippen MR) is 107 cm³/mol. The van der Waals surface area contributed by atoms with Crippen LogP contribution in [-0.4, -0.2) is 29.4 Å². The molecule has 26 heavy (non-hydrogen) atoms. The van der Waals surface area contributed by atoms with Crippen LogP contribution in [0.3, 0.4) is 0 Å². The van der Waals surface area contributed by atoms with Crippen molar-refractivity contribution in [1.29, 1.82) is 0 Å². The molecule has 2 N–H and O–H groups in total. The Labute approximate surface area is 166 Å². The van der Waals surface area contributed by atoms with E-state index in [1.54, 1.807) is 13.2 Å². The molecule has 3 aromatic rings. The Morgan fingerprint density at radius 2 is 2.00 bits per heavy atom. The number of rotatable bonds is 5. The van der Waals surface area contributed by atoms with Crippen molar-refractivity contribution in [1.82, 2.24) is 15.6 Å². The Balaban J connectivity index is 1.72. The molecular formula is C18H14Br2N4O2. The zero-order valence-corrected chi connectivity index (χ0v) is 16.8. The van der Waals surface area contributed by atoms with E-state index in [-0.39, 0.29) is 5.91 Å². The molecule has 1 aromatic heterocycles. The van der Waals surface area contributed by atoms with Crippen LogP contribution in [0.1, 0.15) is 16.1 Å². The van der Waals surface area contributed by atoms with E-state index < -0.39 is 0 Å². The molecule has 0 unspecified atom stereocenters. The first-order valence-electron chi connectivity index (χ1n) is 7.55. The van der Waals surface area contributed by atoms with E-state index in [0.29, 0.717) is 22.7 Å².